The average Bonchev–Trinajstić information content (AvgIpc) is 3.32. The van der Waals surface area contributed by atoms with Gasteiger partial charge in [-0.1, -0.05) is 17.3 Å². The van der Waals surface area contributed by atoms with Crippen molar-refractivity contribution < 1.29 is 14.1 Å². The third kappa shape index (κ3) is 3.81. The number of pyridine rings is 1. The highest BCUT2D eigenvalue weighted by Crippen LogP contribution is 2.29. The van der Waals surface area contributed by atoms with Crippen molar-refractivity contribution in [1.29, 1.82) is 0 Å². The van der Waals surface area contributed by atoms with Crippen LogP contribution in [0.1, 0.15) is 30.7 Å². The van der Waals surface area contributed by atoms with E-state index in [1.54, 1.807) is 12.4 Å². The summed E-state index contributed by atoms with van der Waals surface area (Å²) in [5.74, 6) is 1.83. The molecule has 1 aliphatic rings. The minimum Gasteiger partial charge on any atom is -0.494 e. The maximum absolute atomic E-state index is 12.4. The number of amides is 1. The van der Waals surface area contributed by atoms with Crippen LogP contribution in [0.2, 0.25) is 0 Å². The van der Waals surface area contributed by atoms with Crippen LogP contribution in [-0.4, -0.2) is 39.1 Å². The van der Waals surface area contributed by atoms with Crippen molar-refractivity contribution >= 4 is 5.91 Å². The van der Waals surface area contributed by atoms with Gasteiger partial charge in [0.25, 0.3) is 0 Å². The van der Waals surface area contributed by atoms with E-state index in [2.05, 4.69) is 15.1 Å². The van der Waals surface area contributed by atoms with Gasteiger partial charge in [-0.2, -0.15) is 4.98 Å². The van der Waals surface area contributed by atoms with Crippen LogP contribution in [0.4, 0.5) is 0 Å². The van der Waals surface area contributed by atoms with Gasteiger partial charge in [-0.15, -0.1) is 0 Å². The molecule has 7 heteroatoms. The molecule has 0 aliphatic carbocycles. The zero-order valence-corrected chi connectivity index (χ0v) is 15.0. The number of hydrogen-bond acceptors (Lipinski definition) is 6. The van der Waals surface area contributed by atoms with Gasteiger partial charge in [0.15, 0.2) is 0 Å². The van der Waals surface area contributed by atoms with Crippen LogP contribution in [0.15, 0.2) is 53.3 Å². The number of benzene rings is 1. The number of hydrogen-bond donors (Lipinski definition) is 0. The van der Waals surface area contributed by atoms with E-state index in [1.165, 1.54) is 0 Å². The summed E-state index contributed by atoms with van der Waals surface area (Å²) < 4.78 is 10.9. The number of rotatable bonds is 6. The fourth-order valence-electron chi connectivity index (χ4n) is 3.18. The van der Waals surface area contributed by atoms with Crippen LogP contribution >= 0.6 is 0 Å². The maximum Gasteiger partial charge on any atom is 0.232 e. The van der Waals surface area contributed by atoms with E-state index >= 15 is 0 Å². The van der Waals surface area contributed by atoms with E-state index in [1.807, 2.05) is 48.2 Å². The fourth-order valence-corrected chi connectivity index (χ4v) is 3.18. The fraction of sp³-hybridized carbons (Fsp3) is 0.300. The molecule has 27 heavy (non-hydrogen) atoms. The van der Waals surface area contributed by atoms with E-state index < -0.39 is 0 Å². The van der Waals surface area contributed by atoms with E-state index in [4.69, 9.17) is 9.26 Å². The molecule has 0 spiro atoms. The van der Waals surface area contributed by atoms with Crippen LogP contribution in [0.5, 0.6) is 5.75 Å². The molecule has 1 saturated heterocycles. The summed E-state index contributed by atoms with van der Waals surface area (Å²) in [4.78, 5) is 22.8. The molecular formula is C20H20N4O3. The molecule has 2 aromatic heterocycles. The Kier molecular flexibility index (Phi) is 4.82. The van der Waals surface area contributed by atoms with E-state index in [-0.39, 0.29) is 11.8 Å². The van der Waals surface area contributed by atoms with Crippen molar-refractivity contribution in [3.63, 3.8) is 0 Å². The normalized spacial score (nSPS) is 16.7. The molecule has 1 amide bonds. The quantitative estimate of drug-likeness (QED) is 0.669. The van der Waals surface area contributed by atoms with Gasteiger partial charge >= 0.3 is 0 Å². The van der Waals surface area contributed by atoms with Gasteiger partial charge in [0, 0.05) is 37.5 Å². The Morgan fingerprint density at radius 1 is 1.26 bits per heavy atom. The number of carbonyl (C=O) groups excluding carboxylic acids is 1. The summed E-state index contributed by atoms with van der Waals surface area (Å²) in [5.41, 5.74) is 1.86. The van der Waals surface area contributed by atoms with E-state index in [9.17, 15) is 4.79 Å². The zero-order valence-electron chi connectivity index (χ0n) is 15.0. The first-order valence-electron chi connectivity index (χ1n) is 8.96. The van der Waals surface area contributed by atoms with Crippen LogP contribution in [0, 0.1) is 0 Å². The van der Waals surface area contributed by atoms with Gasteiger partial charge in [0.1, 0.15) is 5.75 Å². The topological polar surface area (TPSA) is 81.3 Å². The Bertz CT molecular complexity index is 908. The van der Waals surface area contributed by atoms with Crippen LogP contribution in [-0.2, 0) is 11.3 Å². The molecule has 0 N–H and O–H groups in total. The lowest BCUT2D eigenvalue weighted by Crippen LogP contribution is -2.24. The lowest BCUT2D eigenvalue weighted by atomic mass is 10.1. The molecule has 1 atom stereocenters. The van der Waals surface area contributed by atoms with Gasteiger partial charge < -0.3 is 14.2 Å². The molecule has 1 aromatic carbocycles. The summed E-state index contributed by atoms with van der Waals surface area (Å²) in [6.07, 6.45) is 3.76. The van der Waals surface area contributed by atoms with Gasteiger partial charge in [-0.05, 0) is 36.8 Å². The molecule has 1 unspecified atom stereocenters. The minimum atomic E-state index is -0.0851. The highest BCUT2D eigenvalue weighted by atomic mass is 16.5. The molecular weight excluding hydrogens is 344 g/mol. The largest absolute Gasteiger partial charge is 0.494 e. The van der Waals surface area contributed by atoms with E-state index in [0.717, 1.165) is 16.9 Å². The Hall–Kier alpha value is -3.22. The summed E-state index contributed by atoms with van der Waals surface area (Å²) in [6, 6.07) is 11.5. The first-order chi connectivity index (χ1) is 13.2. The standard InChI is InChI=1S/C20H20N4O3/c1-2-26-17-7-5-14(6-8-17)12-24-13-16(10-18(24)25)20-22-19(23-27-20)15-4-3-9-21-11-15/h3-9,11,16H,2,10,12-13H2,1H3. The van der Waals surface area contributed by atoms with Crippen molar-refractivity contribution in [1.82, 2.24) is 20.0 Å². The second-order valence-electron chi connectivity index (χ2n) is 6.45. The molecule has 4 rings (SSSR count). The van der Waals surface area contributed by atoms with Crippen molar-refractivity contribution in [3.05, 3.63) is 60.2 Å². The lowest BCUT2D eigenvalue weighted by molar-refractivity contribution is -0.128. The molecule has 1 fully saturated rings. The number of nitrogens with zero attached hydrogens (tertiary/aromatic N) is 4. The van der Waals surface area contributed by atoms with Crippen molar-refractivity contribution in [3.8, 4) is 17.1 Å². The SMILES string of the molecule is CCOc1ccc(CN2CC(c3nc(-c4cccnc4)no3)CC2=O)cc1. The third-order valence-electron chi connectivity index (χ3n) is 4.53. The second-order valence-corrected chi connectivity index (χ2v) is 6.45. The van der Waals surface area contributed by atoms with Gasteiger partial charge in [-0.25, -0.2) is 0 Å². The second kappa shape index (κ2) is 7.57. The van der Waals surface area contributed by atoms with Crippen molar-refractivity contribution in [2.24, 2.45) is 0 Å². The zero-order chi connectivity index (χ0) is 18.6. The smallest absolute Gasteiger partial charge is 0.232 e. The van der Waals surface area contributed by atoms with Crippen LogP contribution in [0.25, 0.3) is 11.4 Å². The van der Waals surface area contributed by atoms with Gasteiger partial charge in [0.05, 0.1) is 12.5 Å². The molecule has 0 radical (unpaired) electrons. The van der Waals surface area contributed by atoms with Crippen molar-refractivity contribution in [2.75, 3.05) is 13.2 Å². The first kappa shape index (κ1) is 17.2. The molecule has 3 aromatic rings. The molecule has 138 valence electrons. The summed E-state index contributed by atoms with van der Waals surface area (Å²) in [6.45, 7) is 3.72. The molecule has 1 aliphatic heterocycles. The lowest BCUT2D eigenvalue weighted by Gasteiger charge is -2.16. The average molecular weight is 364 g/mol. The Labute approximate surface area is 157 Å². The Balaban J connectivity index is 1.42. The highest BCUT2D eigenvalue weighted by Gasteiger charge is 2.34. The highest BCUT2D eigenvalue weighted by molar-refractivity contribution is 5.79. The van der Waals surface area contributed by atoms with Gasteiger partial charge in [0.2, 0.25) is 17.6 Å². The summed E-state index contributed by atoms with van der Waals surface area (Å²) in [5, 5.41) is 4.02. The van der Waals surface area contributed by atoms with Crippen molar-refractivity contribution in [2.45, 2.75) is 25.8 Å². The Morgan fingerprint density at radius 2 is 2.11 bits per heavy atom. The number of ether oxygens (including phenoxy) is 1. The third-order valence-corrected chi connectivity index (χ3v) is 4.53. The number of carbonyl (C=O) groups is 1. The van der Waals surface area contributed by atoms with Crippen LogP contribution < -0.4 is 4.74 Å². The number of likely N-dealkylation sites (tertiary alicyclic amines) is 1. The predicted octanol–water partition coefficient (Wildman–Crippen LogP) is 3.05. The summed E-state index contributed by atoms with van der Waals surface area (Å²) >= 11 is 0. The Morgan fingerprint density at radius 3 is 2.85 bits per heavy atom. The minimum absolute atomic E-state index is 0.0851. The van der Waals surface area contributed by atoms with Gasteiger partial charge in [-0.3, -0.25) is 9.78 Å². The van der Waals surface area contributed by atoms with Crippen LogP contribution in [0.3, 0.4) is 0 Å². The molecule has 7 nitrogen and oxygen atoms in total. The monoisotopic (exact) mass is 364 g/mol. The summed E-state index contributed by atoms with van der Waals surface area (Å²) in [7, 11) is 0. The van der Waals surface area contributed by atoms with E-state index in [0.29, 0.717) is 37.8 Å². The predicted molar refractivity (Wildman–Crippen MR) is 97.9 cm³/mol. The molecule has 3 heterocycles. The maximum atomic E-state index is 12.4. The molecule has 0 saturated carbocycles. The first-order valence-corrected chi connectivity index (χ1v) is 8.96. The number of aromatic nitrogens is 3. The molecule has 0 bridgehead atoms.